The Labute approximate surface area is 197 Å². The fourth-order valence-electron chi connectivity index (χ4n) is 4.93. The Hall–Kier alpha value is -4.06. The Morgan fingerprint density at radius 3 is 2.24 bits per heavy atom. The Balaban J connectivity index is 1.33. The van der Waals surface area contributed by atoms with Gasteiger partial charge >= 0.3 is 12.1 Å². The minimum Gasteiger partial charge on any atom is -0.467 e. The number of benzene rings is 3. The van der Waals surface area contributed by atoms with Crippen molar-refractivity contribution in [2.45, 2.75) is 24.8 Å². The van der Waals surface area contributed by atoms with Crippen molar-refractivity contribution in [2.24, 2.45) is 0 Å². The van der Waals surface area contributed by atoms with E-state index in [1.807, 2.05) is 61.7 Å². The number of hydrogen-bond donors (Lipinski definition) is 2. The fraction of sp³-hybridized carbons (Fsp3) is 0.214. The number of H-pyrrole nitrogens is 1. The topological polar surface area (TPSA) is 80.4 Å². The maximum atomic E-state index is 12.8. The summed E-state index contributed by atoms with van der Waals surface area (Å²) in [7, 11) is 1.32. The van der Waals surface area contributed by atoms with Crippen LogP contribution in [0.5, 0.6) is 0 Å². The van der Waals surface area contributed by atoms with Crippen LogP contribution in [0.25, 0.3) is 22.0 Å². The molecule has 6 heteroatoms. The summed E-state index contributed by atoms with van der Waals surface area (Å²) in [5, 5.41) is 3.74. The van der Waals surface area contributed by atoms with Gasteiger partial charge in [-0.15, -0.1) is 0 Å². The highest BCUT2D eigenvalue weighted by Gasteiger charge is 2.33. The quantitative estimate of drug-likeness (QED) is 0.385. The fourth-order valence-corrected chi connectivity index (χ4v) is 4.93. The van der Waals surface area contributed by atoms with E-state index in [-0.39, 0.29) is 18.4 Å². The third-order valence-corrected chi connectivity index (χ3v) is 6.68. The van der Waals surface area contributed by atoms with Crippen molar-refractivity contribution < 1.29 is 19.1 Å². The maximum Gasteiger partial charge on any atom is 0.407 e. The number of rotatable bonds is 6. The van der Waals surface area contributed by atoms with E-state index in [0.29, 0.717) is 0 Å². The molecule has 1 amide bonds. The molecule has 5 rings (SSSR count). The zero-order chi connectivity index (χ0) is 23.7. The number of carbonyl (C=O) groups is 2. The highest BCUT2D eigenvalue weighted by molar-refractivity contribution is 5.87. The van der Waals surface area contributed by atoms with E-state index in [0.717, 1.165) is 38.7 Å². The first-order valence-corrected chi connectivity index (χ1v) is 11.3. The van der Waals surface area contributed by atoms with E-state index >= 15 is 0 Å². The Kier molecular flexibility index (Phi) is 5.80. The summed E-state index contributed by atoms with van der Waals surface area (Å²) in [4.78, 5) is 28.7. The number of alkyl carbamates (subject to hydrolysis) is 1. The Bertz CT molecular complexity index is 1310. The molecule has 2 atom stereocenters. The molecule has 1 heterocycles. The van der Waals surface area contributed by atoms with Crippen molar-refractivity contribution in [1.29, 1.82) is 0 Å². The van der Waals surface area contributed by atoms with Gasteiger partial charge in [-0.2, -0.15) is 0 Å². The molecule has 0 saturated heterocycles. The van der Waals surface area contributed by atoms with Crippen LogP contribution in [0.1, 0.15) is 35.4 Å². The number of fused-ring (bicyclic) bond motifs is 4. The van der Waals surface area contributed by atoms with Crippen LogP contribution in [-0.4, -0.2) is 36.8 Å². The van der Waals surface area contributed by atoms with E-state index in [1.54, 1.807) is 0 Å². The van der Waals surface area contributed by atoms with Crippen molar-refractivity contribution >= 4 is 23.0 Å². The van der Waals surface area contributed by atoms with Gasteiger partial charge in [0.1, 0.15) is 12.6 Å². The van der Waals surface area contributed by atoms with Gasteiger partial charge in [-0.3, -0.25) is 0 Å². The standard InChI is InChI=1S/C28H26N2O4/c1-17(23-15-29-25-14-8-7-13-22(23)25)26(27(31)33-2)30-28(32)34-16-24-20-11-5-3-9-18(20)19-10-4-6-12-21(19)24/h3-15,17,24,26,29H,16H2,1-2H3,(H,30,32)/t17-,26+/m1/s1. The summed E-state index contributed by atoms with van der Waals surface area (Å²) < 4.78 is 10.7. The number of para-hydroxylation sites is 1. The first-order valence-electron chi connectivity index (χ1n) is 11.3. The smallest absolute Gasteiger partial charge is 0.407 e. The van der Waals surface area contributed by atoms with Gasteiger partial charge in [0, 0.05) is 28.9 Å². The van der Waals surface area contributed by atoms with Gasteiger partial charge in [0.05, 0.1) is 7.11 Å². The van der Waals surface area contributed by atoms with E-state index in [9.17, 15) is 9.59 Å². The summed E-state index contributed by atoms with van der Waals surface area (Å²) in [5.41, 5.74) is 6.47. The van der Waals surface area contributed by atoms with Crippen LogP contribution in [-0.2, 0) is 14.3 Å². The zero-order valence-corrected chi connectivity index (χ0v) is 19.1. The molecule has 0 saturated carbocycles. The van der Waals surface area contributed by atoms with Crippen molar-refractivity contribution in [3.8, 4) is 11.1 Å². The third kappa shape index (κ3) is 3.81. The lowest BCUT2D eigenvalue weighted by Crippen LogP contribution is -2.45. The second kappa shape index (κ2) is 9.06. The lowest BCUT2D eigenvalue weighted by atomic mass is 9.93. The average molecular weight is 455 g/mol. The molecule has 0 bridgehead atoms. The lowest BCUT2D eigenvalue weighted by molar-refractivity contribution is -0.143. The molecule has 4 aromatic rings. The number of aromatic nitrogens is 1. The molecule has 1 aliphatic carbocycles. The predicted octanol–water partition coefficient (Wildman–Crippen LogP) is 5.35. The second-order valence-corrected chi connectivity index (χ2v) is 8.55. The van der Waals surface area contributed by atoms with Crippen molar-refractivity contribution in [3.63, 3.8) is 0 Å². The van der Waals surface area contributed by atoms with Crippen LogP contribution in [0.3, 0.4) is 0 Å². The summed E-state index contributed by atoms with van der Waals surface area (Å²) in [6, 6.07) is 23.3. The van der Waals surface area contributed by atoms with Crippen LogP contribution in [0.2, 0.25) is 0 Å². The molecule has 0 aliphatic heterocycles. The zero-order valence-electron chi connectivity index (χ0n) is 19.1. The van der Waals surface area contributed by atoms with Crippen molar-refractivity contribution in [2.75, 3.05) is 13.7 Å². The summed E-state index contributed by atoms with van der Waals surface area (Å²) in [5.74, 6) is -0.906. The summed E-state index contributed by atoms with van der Waals surface area (Å²) in [6.07, 6.45) is 1.22. The predicted molar refractivity (Wildman–Crippen MR) is 131 cm³/mol. The monoisotopic (exact) mass is 454 g/mol. The molecule has 6 nitrogen and oxygen atoms in total. The lowest BCUT2D eigenvalue weighted by Gasteiger charge is -2.23. The number of methoxy groups -OCH3 is 1. The number of hydrogen-bond acceptors (Lipinski definition) is 4. The minimum atomic E-state index is -0.889. The van der Waals surface area contributed by atoms with Gasteiger partial charge < -0.3 is 19.8 Å². The Morgan fingerprint density at radius 2 is 1.56 bits per heavy atom. The van der Waals surface area contributed by atoms with Crippen LogP contribution < -0.4 is 5.32 Å². The largest absolute Gasteiger partial charge is 0.467 e. The number of ether oxygens (including phenoxy) is 2. The molecule has 3 aromatic carbocycles. The summed E-state index contributed by atoms with van der Waals surface area (Å²) >= 11 is 0. The molecule has 0 spiro atoms. The molecule has 1 aromatic heterocycles. The number of carbonyl (C=O) groups excluding carboxylic acids is 2. The number of amides is 1. The number of aromatic amines is 1. The Morgan fingerprint density at radius 1 is 0.941 bits per heavy atom. The minimum absolute atomic E-state index is 0.0548. The SMILES string of the molecule is COC(=O)[C@@H](NC(=O)OCC1c2ccccc2-c2ccccc21)[C@H](C)c1c[nH]c2ccccc12. The molecular weight excluding hydrogens is 428 g/mol. The normalized spacial score (nSPS) is 14.2. The van der Waals surface area contributed by atoms with E-state index in [2.05, 4.69) is 34.6 Å². The summed E-state index contributed by atoms with van der Waals surface area (Å²) in [6.45, 7) is 2.07. The molecule has 0 unspecified atom stereocenters. The number of esters is 1. The molecule has 0 radical (unpaired) electrons. The van der Waals surface area contributed by atoms with Crippen LogP contribution in [0, 0.1) is 0 Å². The highest BCUT2D eigenvalue weighted by atomic mass is 16.6. The maximum absolute atomic E-state index is 12.8. The molecule has 0 fully saturated rings. The molecule has 172 valence electrons. The molecular formula is C28H26N2O4. The molecule has 2 N–H and O–H groups in total. The first-order chi connectivity index (χ1) is 16.6. The van der Waals surface area contributed by atoms with E-state index < -0.39 is 18.1 Å². The van der Waals surface area contributed by atoms with Crippen LogP contribution in [0.4, 0.5) is 4.79 Å². The van der Waals surface area contributed by atoms with Crippen LogP contribution >= 0.6 is 0 Å². The number of nitrogens with one attached hydrogen (secondary N) is 2. The van der Waals surface area contributed by atoms with E-state index in [4.69, 9.17) is 9.47 Å². The van der Waals surface area contributed by atoms with Gasteiger partial charge in [0.25, 0.3) is 0 Å². The average Bonchev–Trinajstić information content (AvgIpc) is 3.45. The van der Waals surface area contributed by atoms with Crippen molar-refractivity contribution in [1.82, 2.24) is 10.3 Å². The van der Waals surface area contributed by atoms with Gasteiger partial charge in [-0.05, 0) is 33.9 Å². The molecule has 34 heavy (non-hydrogen) atoms. The van der Waals surface area contributed by atoms with Gasteiger partial charge in [-0.1, -0.05) is 73.7 Å². The van der Waals surface area contributed by atoms with Gasteiger partial charge in [0.2, 0.25) is 0 Å². The second-order valence-electron chi connectivity index (χ2n) is 8.55. The first kappa shape index (κ1) is 21.8. The third-order valence-electron chi connectivity index (χ3n) is 6.68. The van der Waals surface area contributed by atoms with E-state index in [1.165, 1.54) is 7.11 Å². The highest BCUT2D eigenvalue weighted by Crippen LogP contribution is 2.44. The van der Waals surface area contributed by atoms with Crippen LogP contribution in [0.15, 0.2) is 79.0 Å². The van der Waals surface area contributed by atoms with Crippen molar-refractivity contribution in [3.05, 3.63) is 95.7 Å². The van der Waals surface area contributed by atoms with Gasteiger partial charge in [-0.25, -0.2) is 9.59 Å². The van der Waals surface area contributed by atoms with Gasteiger partial charge in [0.15, 0.2) is 0 Å². The molecule has 1 aliphatic rings.